The van der Waals surface area contributed by atoms with E-state index < -0.39 is 16.1 Å². The number of nitrogens with zero attached hydrogens (tertiary/aromatic N) is 3. The Balaban J connectivity index is 2.02. The minimum atomic E-state index is -3.82. The molecule has 1 unspecified atom stereocenters. The van der Waals surface area contributed by atoms with Crippen molar-refractivity contribution in [1.29, 1.82) is 0 Å². The van der Waals surface area contributed by atoms with Crippen LogP contribution in [0.5, 0.6) is 11.5 Å². The minimum Gasteiger partial charge on any atom is -0.504 e. The van der Waals surface area contributed by atoms with Gasteiger partial charge in [0.15, 0.2) is 17.3 Å². The highest BCUT2D eigenvalue weighted by atomic mass is 32.2. The second kappa shape index (κ2) is 7.37. The number of sulfonamides is 1. The number of fused-ring (bicyclic) bond motifs is 1. The summed E-state index contributed by atoms with van der Waals surface area (Å²) in [7, 11) is -2.38. The standard InChI is InChI=1S/C18H19N3O5S/c1-12(22)11-21(19-10-13-6-5-8-15(26-2)17(13)23)18-14-7-3-4-9-16(14)27(24,25)20-18/h3-10,12,22-23H,11H2,1-2H3. The highest BCUT2D eigenvalue weighted by Crippen LogP contribution is 2.29. The number of aliphatic hydroxyl groups excluding tert-OH is 1. The molecule has 0 saturated carbocycles. The lowest BCUT2D eigenvalue weighted by Crippen LogP contribution is -2.32. The van der Waals surface area contributed by atoms with Crippen molar-refractivity contribution in [2.24, 2.45) is 9.50 Å². The van der Waals surface area contributed by atoms with Gasteiger partial charge < -0.3 is 14.9 Å². The molecule has 1 aliphatic heterocycles. The number of para-hydroxylation sites is 1. The van der Waals surface area contributed by atoms with Crippen molar-refractivity contribution < 1.29 is 23.4 Å². The fourth-order valence-corrected chi connectivity index (χ4v) is 3.86. The summed E-state index contributed by atoms with van der Waals surface area (Å²) in [4.78, 5) is 0.0926. The predicted octanol–water partition coefficient (Wildman–Crippen LogP) is 1.57. The Morgan fingerprint density at radius 2 is 2.00 bits per heavy atom. The van der Waals surface area contributed by atoms with Gasteiger partial charge in [-0.2, -0.15) is 13.5 Å². The molecule has 2 aromatic carbocycles. The summed E-state index contributed by atoms with van der Waals surface area (Å²) in [6.45, 7) is 1.57. The van der Waals surface area contributed by atoms with Gasteiger partial charge in [-0.05, 0) is 31.2 Å². The Morgan fingerprint density at radius 3 is 2.70 bits per heavy atom. The second-order valence-electron chi connectivity index (χ2n) is 5.96. The van der Waals surface area contributed by atoms with E-state index in [1.807, 2.05) is 0 Å². The average Bonchev–Trinajstić information content (AvgIpc) is 2.91. The van der Waals surface area contributed by atoms with Gasteiger partial charge in [0.25, 0.3) is 10.0 Å². The summed E-state index contributed by atoms with van der Waals surface area (Å²) in [5, 5.41) is 25.5. The Labute approximate surface area is 157 Å². The van der Waals surface area contributed by atoms with Crippen LogP contribution in [-0.2, 0) is 10.0 Å². The van der Waals surface area contributed by atoms with Crippen LogP contribution in [0.1, 0.15) is 18.1 Å². The third-order valence-electron chi connectivity index (χ3n) is 3.88. The molecule has 9 heteroatoms. The van der Waals surface area contributed by atoms with Gasteiger partial charge in [-0.1, -0.05) is 18.2 Å². The molecule has 3 rings (SSSR count). The SMILES string of the molecule is COc1cccc(C=NN(CC(C)O)C2=NS(=O)(=O)c3ccccc32)c1O. The highest BCUT2D eigenvalue weighted by Gasteiger charge is 2.32. The number of ether oxygens (including phenoxy) is 1. The van der Waals surface area contributed by atoms with Gasteiger partial charge in [-0.3, -0.25) is 0 Å². The van der Waals surface area contributed by atoms with Crippen LogP contribution < -0.4 is 4.74 Å². The van der Waals surface area contributed by atoms with Crippen LogP contribution in [0.15, 0.2) is 56.9 Å². The maximum atomic E-state index is 12.3. The molecule has 0 radical (unpaired) electrons. The molecule has 0 aliphatic carbocycles. The van der Waals surface area contributed by atoms with E-state index >= 15 is 0 Å². The highest BCUT2D eigenvalue weighted by molar-refractivity contribution is 7.90. The fraction of sp³-hybridized carbons (Fsp3) is 0.222. The molecule has 0 amide bonds. The number of phenolic OH excluding ortho intramolecular Hbond substituents is 1. The van der Waals surface area contributed by atoms with Crippen molar-refractivity contribution in [2.45, 2.75) is 17.9 Å². The molecule has 0 spiro atoms. The molecule has 2 aromatic rings. The first-order valence-corrected chi connectivity index (χ1v) is 9.57. The number of benzene rings is 2. The van der Waals surface area contributed by atoms with Crippen molar-refractivity contribution in [3.05, 3.63) is 53.6 Å². The van der Waals surface area contributed by atoms with Gasteiger partial charge in [0.1, 0.15) is 4.90 Å². The Hall–Kier alpha value is -2.91. The maximum absolute atomic E-state index is 12.3. The number of phenols is 1. The van der Waals surface area contributed by atoms with Crippen LogP contribution in [0, 0.1) is 0 Å². The van der Waals surface area contributed by atoms with Crippen molar-refractivity contribution in [1.82, 2.24) is 5.01 Å². The molecular weight excluding hydrogens is 370 g/mol. The molecule has 0 saturated heterocycles. The number of aromatic hydroxyl groups is 1. The zero-order chi connectivity index (χ0) is 19.6. The van der Waals surface area contributed by atoms with Crippen LogP contribution in [0.4, 0.5) is 0 Å². The lowest BCUT2D eigenvalue weighted by molar-refractivity contribution is 0.161. The number of hydrogen-bond donors (Lipinski definition) is 2. The van der Waals surface area contributed by atoms with E-state index in [1.165, 1.54) is 24.4 Å². The van der Waals surface area contributed by atoms with Crippen LogP contribution in [0.2, 0.25) is 0 Å². The number of rotatable bonds is 5. The summed E-state index contributed by atoms with van der Waals surface area (Å²) in [6, 6.07) is 11.3. The van der Waals surface area contributed by atoms with Gasteiger partial charge in [0.05, 0.1) is 26.0 Å². The second-order valence-corrected chi connectivity index (χ2v) is 7.53. The third-order valence-corrected chi connectivity index (χ3v) is 5.21. The van der Waals surface area contributed by atoms with Gasteiger partial charge in [-0.25, -0.2) is 5.01 Å². The summed E-state index contributed by atoms with van der Waals surface area (Å²) >= 11 is 0. The van der Waals surface area contributed by atoms with E-state index in [1.54, 1.807) is 43.3 Å². The van der Waals surface area contributed by atoms with Crippen molar-refractivity contribution in [2.75, 3.05) is 13.7 Å². The van der Waals surface area contributed by atoms with Crippen molar-refractivity contribution >= 4 is 22.1 Å². The van der Waals surface area contributed by atoms with Crippen LogP contribution in [0.25, 0.3) is 0 Å². The average molecular weight is 389 g/mol. The molecule has 8 nitrogen and oxygen atoms in total. The van der Waals surface area contributed by atoms with E-state index in [0.29, 0.717) is 11.1 Å². The Bertz CT molecular complexity index is 1020. The molecule has 0 aromatic heterocycles. The zero-order valence-electron chi connectivity index (χ0n) is 14.8. The molecule has 1 atom stereocenters. The molecule has 142 valence electrons. The quantitative estimate of drug-likeness (QED) is 0.593. The van der Waals surface area contributed by atoms with E-state index in [0.717, 1.165) is 0 Å². The van der Waals surface area contributed by atoms with Crippen LogP contribution in [0.3, 0.4) is 0 Å². The smallest absolute Gasteiger partial charge is 0.285 e. The molecule has 0 bridgehead atoms. The van der Waals surface area contributed by atoms with Crippen LogP contribution >= 0.6 is 0 Å². The lowest BCUT2D eigenvalue weighted by atomic mass is 10.2. The molecule has 1 aliphatic rings. The molecule has 1 heterocycles. The molecular formula is C18H19N3O5S. The minimum absolute atomic E-state index is 0.0178. The van der Waals surface area contributed by atoms with E-state index in [2.05, 4.69) is 9.50 Å². The molecule has 0 fully saturated rings. The summed E-state index contributed by atoms with van der Waals surface area (Å²) in [5.74, 6) is 0.305. The van der Waals surface area contributed by atoms with E-state index in [9.17, 15) is 18.6 Å². The largest absolute Gasteiger partial charge is 0.504 e. The third kappa shape index (κ3) is 3.79. The van der Waals surface area contributed by atoms with Crippen molar-refractivity contribution in [3.8, 4) is 11.5 Å². The molecule has 2 N–H and O–H groups in total. The van der Waals surface area contributed by atoms with Gasteiger partial charge in [0.2, 0.25) is 0 Å². The first kappa shape index (κ1) is 18.9. The summed E-state index contributed by atoms with van der Waals surface area (Å²) < 4.78 is 33.4. The normalized spacial score (nSPS) is 16.0. The van der Waals surface area contributed by atoms with Gasteiger partial charge in [0, 0.05) is 11.1 Å². The maximum Gasteiger partial charge on any atom is 0.285 e. The number of hydrazone groups is 1. The Kier molecular flexibility index (Phi) is 5.15. The number of hydrogen-bond acceptors (Lipinski definition) is 7. The summed E-state index contributed by atoms with van der Waals surface area (Å²) in [5.41, 5.74) is 0.782. The first-order valence-electron chi connectivity index (χ1n) is 8.13. The summed E-state index contributed by atoms with van der Waals surface area (Å²) in [6.07, 6.45) is 0.565. The van der Waals surface area contributed by atoms with Gasteiger partial charge >= 0.3 is 0 Å². The first-order chi connectivity index (χ1) is 12.8. The zero-order valence-corrected chi connectivity index (χ0v) is 15.6. The van der Waals surface area contributed by atoms with E-state index in [-0.39, 0.29) is 28.8 Å². The predicted molar refractivity (Wildman–Crippen MR) is 101 cm³/mol. The monoisotopic (exact) mass is 389 g/mol. The van der Waals surface area contributed by atoms with E-state index in [4.69, 9.17) is 4.74 Å². The Morgan fingerprint density at radius 1 is 1.26 bits per heavy atom. The number of methoxy groups -OCH3 is 1. The molecule has 27 heavy (non-hydrogen) atoms. The fourth-order valence-electron chi connectivity index (χ4n) is 2.65. The number of aliphatic hydroxyl groups is 1. The lowest BCUT2D eigenvalue weighted by Gasteiger charge is -2.20. The topological polar surface area (TPSA) is 112 Å². The van der Waals surface area contributed by atoms with Crippen LogP contribution in [-0.4, -0.2) is 55.4 Å². The van der Waals surface area contributed by atoms with Gasteiger partial charge in [-0.15, -0.1) is 4.40 Å². The van der Waals surface area contributed by atoms with Crippen molar-refractivity contribution in [3.63, 3.8) is 0 Å². The number of amidine groups is 1.